The molecular weight excluding hydrogens is 131 g/mol. The average Bonchev–Trinajstić information content (AvgIpc) is 2.05. The summed E-state index contributed by atoms with van der Waals surface area (Å²) in [6, 6.07) is 8.46. The van der Waals surface area contributed by atoms with E-state index in [9.17, 15) is 9.50 Å². The number of halogens is 1. The van der Waals surface area contributed by atoms with Crippen molar-refractivity contribution in [1.82, 2.24) is 0 Å². The maximum atomic E-state index is 12.6. The molecule has 1 radical (unpaired) electrons. The van der Waals surface area contributed by atoms with Gasteiger partial charge < -0.3 is 0 Å². The van der Waals surface area contributed by atoms with Crippen LogP contribution < -0.4 is 0 Å². The highest BCUT2D eigenvalue weighted by Gasteiger charge is 2.06. The van der Waals surface area contributed by atoms with Crippen molar-refractivity contribution in [2.75, 3.05) is 6.61 Å². The van der Waals surface area contributed by atoms with Gasteiger partial charge in [-0.2, -0.15) is 0 Å². The zero-order valence-corrected chi connectivity index (χ0v) is 5.46. The molecule has 10 heavy (non-hydrogen) atoms. The molecule has 0 saturated heterocycles. The predicted octanol–water partition coefficient (Wildman–Crippen LogP) is 2.13. The van der Waals surface area contributed by atoms with Crippen LogP contribution in [-0.2, 0) is 5.11 Å². The van der Waals surface area contributed by atoms with E-state index in [0.717, 1.165) is 0 Å². The monoisotopic (exact) mass is 139 g/mol. The predicted molar refractivity (Wildman–Crippen MR) is 35.8 cm³/mol. The summed E-state index contributed by atoms with van der Waals surface area (Å²) in [6.45, 7) is -0.690. The Bertz CT molecular complexity index is 186. The number of rotatable bonds is 2. The maximum absolute atomic E-state index is 12.6. The van der Waals surface area contributed by atoms with Gasteiger partial charge in [0.15, 0.2) is 6.17 Å². The first kappa shape index (κ1) is 7.22. The molecular formula is C8H8FO. The van der Waals surface area contributed by atoms with E-state index in [1.54, 1.807) is 30.3 Å². The maximum Gasteiger partial charge on any atom is 0.152 e. The number of benzene rings is 1. The van der Waals surface area contributed by atoms with E-state index in [4.69, 9.17) is 0 Å². The van der Waals surface area contributed by atoms with E-state index in [0.29, 0.717) is 5.56 Å². The second-order valence-corrected chi connectivity index (χ2v) is 2.04. The molecule has 0 bridgehead atoms. The lowest BCUT2D eigenvalue weighted by molar-refractivity contribution is 0.115. The van der Waals surface area contributed by atoms with Gasteiger partial charge in [-0.15, -0.1) is 0 Å². The van der Waals surface area contributed by atoms with Crippen molar-refractivity contribution >= 4 is 0 Å². The molecule has 1 aromatic carbocycles. The van der Waals surface area contributed by atoms with E-state index in [1.165, 1.54) is 0 Å². The van der Waals surface area contributed by atoms with E-state index < -0.39 is 12.8 Å². The first-order valence-corrected chi connectivity index (χ1v) is 3.11. The number of hydrogen-bond donors (Lipinski definition) is 0. The van der Waals surface area contributed by atoms with E-state index in [2.05, 4.69) is 0 Å². The van der Waals surface area contributed by atoms with Gasteiger partial charge in [-0.1, -0.05) is 30.3 Å². The summed E-state index contributed by atoms with van der Waals surface area (Å²) in [6.07, 6.45) is -1.35. The summed E-state index contributed by atoms with van der Waals surface area (Å²) in [4.78, 5) is 0. The normalized spacial score (nSPS) is 13.0. The molecule has 0 aromatic heterocycles. The summed E-state index contributed by atoms with van der Waals surface area (Å²) in [7, 11) is 0. The van der Waals surface area contributed by atoms with E-state index in [-0.39, 0.29) is 0 Å². The summed E-state index contributed by atoms with van der Waals surface area (Å²) in [5.41, 5.74) is 0.470. The molecule has 0 aliphatic carbocycles. The number of alkyl halides is 1. The Morgan fingerprint density at radius 3 is 2.40 bits per heavy atom. The Morgan fingerprint density at radius 1 is 1.30 bits per heavy atom. The molecule has 1 nitrogen and oxygen atoms in total. The van der Waals surface area contributed by atoms with Crippen molar-refractivity contribution in [3.8, 4) is 0 Å². The lowest BCUT2D eigenvalue weighted by Crippen LogP contribution is -1.94. The third-order valence-corrected chi connectivity index (χ3v) is 1.31. The third-order valence-electron chi connectivity index (χ3n) is 1.31. The molecule has 2 heteroatoms. The molecule has 0 N–H and O–H groups in total. The topological polar surface area (TPSA) is 19.9 Å². The molecule has 0 fully saturated rings. The Balaban J connectivity index is 2.75. The van der Waals surface area contributed by atoms with Crippen molar-refractivity contribution in [2.24, 2.45) is 0 Å². The van der Waals surface area contributed by atoms with Crippen molar-refractivity contribution in [2.45, 2.75) is 6.17 Å². The standard InChI is InChI=1S/C8H8FO/c9-8(6-10)7-4-2-1-3-5-7/h1-5,8H,6H2. The molecule has 1 unspecified atom stereocenters. The second-order valence-electron chi connectivity index (χ2n) is 2.04. The largest absolute Gasteiger partial charge is 0.240 e. The van der Waals surface area contributed by atoms with Crippen LogP contribution >= 0.6 is 0 Å². The minimum absolute atomic E-state index is 0.470. The summed E-state index contributed by atoms with van der Waals surface area (Å²) < 4.78 is 12.6. The van der Waals surface area contributed by atoms with Crippen LogP contribution in [0, 0.1) is 0 Å². The molecule has 0 aliphatic heterocycles. The highest BCUT2D eigenvalue weighted by molar-refractivity contribution is 5.17. The van der Waals surface area contributed by atoms with Gasteiger partial charge in [0, 0.05) is 0 Å². The first-order chi connectivity index (χ1) is 4.84. The average molecular weight is 139 g/mol. The van der Waals surface area contributed by atoms with Gasteiger partial charge in [-0.3, -0.25) is 0 Å². The highest BCUT2D eigenvalue weighted by atomic mass is 19.1. The van der Waals surface area contributed by atoms with Gasteiger partial charge in [-0.05, 0) is 5.56 Å². The third kappa shape index (κ3) is 1.54. The fraction of sp³-hybridized carbons (Fsp3) is 0.250. The SMILES string of the molecule is [O]CC(F)c1ccccc1. The Hall–Kier alpha value is -0.890. The van der Waals surface area contributed by atoms with Crippen molar-refractivity contribution in [3.63, 3.8) is 0 Å². The molecule has 1 atom stereocenters. The van der Waals surface area contributed by atoms with Gasteiger partial charge in [0.05, 0.1) is 0 Å². The van der Waals surface area contributed by atoms with Crippen LogP contribution in [0.15, 0.2) is 30.3 Å². The quantitative estimate of drug-likeness (QED) is 0.598. The minimum atomic E-state index is -1.35. The van der Waals surface area contributed by atoms with Crippen molar-refractivity contribution in [3.05, 3.63) is 35.9 Å². The fourth-order valence-corrected chi connectivity index (χ4v) is 0.758. The van der Waals surface area contributed by atoms with Crippen LogP contribution in [0.3, 0.4) is 0 Å². The lowest BCUT2D eigenvalue weighted by atomic mass is 10.1. The zero-order valence-electron chi connectivity index (χ0n) is 5.46. The zero-order chi connectivity index (χ0) is 7.40. The summed E-state index contributed by atoms with van der Waals surface area (Å²) >= 11 is 0. The Kier molecular flexibility index (Phi) is 2.40. The molecule has 0 heterocycles. The van der Waals surface area contributed by atoms with Crippen molar-refractivity contribution < 1.29 is 9.50 Å². The van der Waals surface area contributed by atoms with Gasteiger partial charge in [0.2, 0.25) is 0 Å². The van der Waals surface area contributed by atoms with Crippen LogP contribution in [0.25, 0.3) is 0 Å². The smallest absolute Gasteiger partial charge is 0.152 e. The van der Waals surface area contributed by atoms with Crippen LogP contribution in [0.1, 0.15) is 11.7 Å². The van der Waals surface area contributed by atoms with E-state index >= 15 is 0 Å². The summed E-state index contributed by atoms with van der Waals surface area (Å²) in [5, 5.41) is 10.1. The highest BCUT2D eigenvalue weighted by Crippen LogP contribution is 2.14. The van der Waals surface area contributed by atoms with Crippen LogP contribution in [0.5, 0.6) is 0 Å². The van der Waals surface area contributed by atoms with Crippen molar-refractivity contribution in [1.29, 1.82) is 0 Å². The lowest BCUT2D eigenvalue weighted by Gasteiger charge is -2.00. The molecule has 53 valence electrons. The molecule has 0 spiro atoms. The first-order valence-electron chi connectivity index (χ1n) is 3.11. The molecule has 0 aliphatic rings. The molecule has 1 aromatic rings. The van der Waals surface area contributed by atoms with Gasteiger partial charge >= 0.3 is 0 Å². The molecule has 0 amide bonds. The number of hydrogen-bond acceptors (Lipinski definition) is 0. The van der Waals surface area contributed by atoms with Crippen LogP contribution in [0.2, 0.25) is 0 Å². The fourth-order valence-electron chi connectivity index (χ4n) is 0.758. The summed E-state index contributed by atoms with van der Waals surface area (Å²) in [5.74, 6) is 0. The molecule has 0 saturated carbocycles. The molecule has 1 rings (SSSR count). The Morgan fingerprint density at radius 2 is 1.90 bits per heavy atom. The minimum Gasteiger partial charge on any atom is -0.240 e. The van der Waals surface area contributed by atoms with Crippen LogP contribution in [0.4, 0.5) is 4.39 Å². The second kappa shape index (κ2) is 3.32. The van der Waals surface area contributed by atoms with Crippen LogP contribution in [-0.4, -0.2) is 6.61 Å². The van der Waals surface area contributed by atoms with Gasteiger partial charge in [-0.25, -0.2) is 9.50 Å². The Labute approximate surface area is 59.1 Å². The van der Waals surface area contributed by atoms with Gasteiger partial charge in [0.25, 0.3) is 0 Å². The van der Waals surface area contributed by atoms with Gasteiger partial charge in [0.1, 0.15) is 6.61 Å². The van der Waals surface area contributed by atoms with E-state index in [1.807, 2.05) is 0 Å².